The Labute approximate surface area is 151 Å². The number of aromatic nitrogens is 1. The maximum absolute atomic E-state index is 13.2. The van der Waals surface area contributed by atoms with Crippen LogP contribution >= 0.6 is 0 Å². The highest BCUT2D eigenvalue weighted by Crippen LogP contribution is 2.22. The molecule has 138 valence electrons. The Morgan fingerprint density at radius 1 is 1.08 bits per heavy atom. The Kier molecular flexibility index (Phi) is 5.26. The first-order chi connectivity index (χ1) is 12.4. The average molecular weight is 375 g/mol. The highest BCUT2D eigenvalue weighted by atomic mass is 32.2. The third-order valence-corrected chi connectivity index (χ3v) is 5.88. The Bertz CT molecular complexity index is 1040. The van der Waals surface area contributed by atoms with Gasteiger partial charge in [0.05, 0.1) is 17.7 Å². The van der Waals surface area contributed by atoms with Gasteiger partial charge in [0.15, 0.2) is 0 Å². The third kappa shape index (κ3) is 4.04. The highest BCUT2D eigenvalue weighted by Gasteiger charge is 2.25. The zero-order chi connectivity index (χ0) is 18.7. The van der Waals surface area contributed by atoms with Crippen molar-refractivity contribution in [2.45, 2.75) is 11.4 Å². The Balaban J connectivity index is 1.97. The molecule has 1 aromatic carbocycles. The van der Waals surface area contributed by atoms with Crippen LogP contribution in [0.4, 0.5) is 0 Å². The summed E-state index contributed by atoms with van der Waals surface area (Å²) in [6.45, 7) is 1.08. The minimum atomic E-state index is -3.72. The number of benzene rings is 1. The van der Waals surface area contributed by atoms with Crippen molar-refractivity contribution >= 4 is 20.9 Å². The van der Waals surface area contributed by atoms with Gasteiger partial charge in [-0.05, 0) is 55.9 Å². The lowest BCUT2D eigenvalue weighted by atomic mass is 10.2. The van der Waals surface area contributed by atoms with Crippen molar-refractivity contribution in [3.8, 4) is 0 Å². The van der Waals surface area contributed by atoms with Gasteiger partial charge in [-0.3, -0.25) is 4.79 Å². The molecule has 2 heterocycles. The molecule has 0 bridgehead atoms. The van der Waals surface area contributed by atoms with Gasteiger partial charge in [0, 0.05) is 24.7 Å². The maximum Gasteiger partial charge on any atom is 0.248 e. The molecule has 0 saturated carbocycles. The second kappa shape index (κ2) is 7.45. The molecule has 0 saturated heterocycles. The molecular formula is C18H21N3O4S. The molecule has 0 aliphatic rings. The monoisotopic (exact) mass is 375 g/mol. The van der Waals surface area contributed by atoms with Crippen LogP contribution in [0, 0.1) is 0 Å². The van der Waals surface area contributed by atoms with Crippen LogP contribution in [0.2, 0.25) is 0 Å². The van der Waals surface area contributed by atoms with E-state index >= 15 is 0 Å². The summed E-state index contributed by atoms with van der Waals surface area (Å²) in [5, 5.41) is 0.663. The number of likely N-dealkylation sites (N-methyl/N-ethyl adjacent to an activating group) is 1. The van der Waals surface area contributed by atoms with E-state index in [1.54, 1.807) is 30.3 Å². The smallest absolute Gasteiger partial charge is 0.248 e. The normalized spacial score (nSPS) is 12.3. The first-order valence-corrected chi connectivity index (χ1v) is 9.60. The van der Waals surface area contributed by atoms with Crippen LogP contribution in [-0.4, -0.2) is 49.8 Å². The first kappa shape index (κ1) is 18.4. The lowest BCUT2D eigenvalue weighted by Crippen LogP contribution is -2.36. The number of hydrogen-bond donors (Lipinski definition) is 1. The predicted molar refractivity (Wildman–Crippen MR) is 99.4 cm³/mol. The minimum absolute atomic E-state index is 0.160. The van der Waals surface area contributed by atoms with Crippen molar-refractivity contribution in [2.24, 2.45) is 0 Å². The Morgan fingerprint density at radius 2 is 1.88 bits per heavy atom. The number of aromatic amines is 1. The van der Waals surface area contributed by atoms with Crippen molar-refractivity contribution in [3.63, 3.8) is 0 Å². The summed E-state index contributed by atoms with van der Waals surface area (Å²) >= 11 is 0. The largest absolute Gasteiger partial charge is 0.468 e. The van der Waals surface area contributed by atoms with Crippen molar-refractivity contribution in [2.75, 3.05) is 27.2 Å². The SMILES string of the molecule is CN(C)CCN(Cc1ccco1)S(=O)(=O)c1ccc2[nH]c(=O)ccc2c1. The zero-order valence-corrected chi connectivity index (χ0v) is 15.5. The number of rotatable bonds is 7. The van der Waals surface area contributed by atoms with Gasteiger partial charge in [-0.25, -0.2) is 8.42 Å². The second-order valence-corrected chi connectivity index (χ2v) is 8.23. The molecule has 8 heteroatoms. The minimum Gasteiger partial charge on any atom is -0.468 e. The molecule has 2 aromatic heterocycles. The predicted octanol–water partition coefficient (Wildman–Crippen LogP) is 1.87. The molecule has 0 atom stereocenters. The lowest BCUT2D eigenvalue weighted by Gasteiger charge is -2.23. The van der Waals surface area contributed by atoms with Gasteiger partial charge in [-0.15, -0.1) is 0 Å². The van der Waals surface area contributed by atoms with Crippen LogP contribution in [0.1, 0.15) is 5.76 Å². The van der Waals surface area contributed by atoms with E-state index < -0.39 is 10.0 Å². The summed E-state index contributed by atoms with van der Waals surface area (Å²) in [7, 11) is 0.0661. The molecule has 3 aromatic rings. The summed E-state index contributed by atoms with van der Waals surface area (Å²) in [5.41, 5.74) is 0.376. The fraction of sp³-hybridized carbons (Fsp3) is 0.278. The zero-order valence-electron chi connectivity index (χ0n) is 14.7. The van der Waals surface area contributed by atoms with Crippen molar-refractivity contribution < 1.29 is 12.8 Å². The van der Waals surface area contributed by atoms with Gasteiger partial charge in [0.1, 0.15) is 5.76 Å². The third-order valence-electron chi connectivity index (χ3n) is 4.04. The van der Waals surface area contributed by atoms with Gasteiger partial charge < -0.3 is 14.3 Å². The van der Waals surface area contributed by atoms with Crippen molar-refractivity contribution in [3.05, 3.63) is 64.8 Å². The highest BCUT2D eigenvalue weighted by molar-refractivity contribution is 7.89. The average Bonchev–Trinajstić information content (AvgIpc) is 3.10. The number of fused-ring (bicyclic) bond motifs is 1. The summed E-state index contributed by atoms with van der Waals surface area (Å²) in [5.74, 6) is 0.581. The summed E-state index contributed by atoms with van der Waals surface area (Å²) in [4.78, 5) is 16.2. The Morgan fingerprint density at radius 3 is 2.58 bits per heavy atom. The fourth-order valence-corrected chi connectivity index (χ4v) is 4.05. The number of pyridine rings is 1. The lowest BCUT2D eigenvalue weighted by molar-refractivity contribution is 0.312. The molecular weight excluding hydrogens is 354 g/mol. The Hall–Kier alpha value is -2.42. The first-order valence-electron chi connectivity index (χ1n) is 8.16. The van der Waals surface area contributed by atoms with Crippen molar-refractivity contribution in [1.29, 1.82) is 0 Å². The van der Waals surface area contributed by atoms with Crippen LogP contribution in [0.15, 0.2) is 62.8 Å². The number of H-pyrrole nitrogens is 1. The summed E-state index contributed by atoms with van der Waals surface area (Å²) < 4.78 is 33.1. The summed E-state index contributed by atoms with van der Waals surface area (Å²) in [6.07, 6.45) is 1.53. The van der Waals surface area contributed by atoms with E-state index in [9.17, 15) is 13.2 Å². The molecule has 0 aliphatic carbocycles. The quantitative estimate of drug-likeness (QED) is 0.681. The molecule has 0 fully saturated rings. The number of hydrogen-bond acceptors (Lipinski definition) is 5. The molecule has 7 nitrogen and oxygen atoms in total. The molecule has 0 aliphatic heterocycles. The van der Waals surface area contributed by atoms with E-state index in [4.69, 9.17) is 4.42 Å². The molecule has 0 spiro atoms. The topological polar surface area (TPSA) is 86.6 Å². The standard InChI is InChI=1S/C18H21N3O4S/c1-20(2)9-10-21(13-15-4-3-11-25-15)26(23,24)16-6-7-17-14(12-16)5-8-18(22)19-17/h3-8,11-12H,9-10,13H2,1-2H3,(H,19,22). The van der Waals surface area contributed by atoms with E-state index in [1.165, 1.54) is 22.7 Å². The van der Waals surface area contributed by atoms with E-state index in [-0.39, 0.29) is 17.0 Å². The molecule has 0 unspecified atom stereocenters. The second-order valence-electron chi connectivity index (χ2n) is 6.29. The van der Waals surface area contributed by atoms with Crippen molar-refractivity contribution in [1.82, 2.24) is 14.2 Å². The maximum atomic E-state index is 13.2. The van der Waals surface area contributed by atoms with E-state index in [2.05, 4.69) is 4.98 Å². The van der Waals surface area contributed by atoms with E-state index in [0.717, 1.165) is 0 Å². The number of nitrogens with zero attached hydrogens (tertiary/aromatic N) is 2. The summed E-state index contributed by atoms with van der Waals surface area (Å²) in [6, 6.07) is 11.2. The van der Waals surface area contributed by atoms with Gasteiger partial charge >= 0.3 is 0 Å². The molecule has 26 heavy (non-hydrogen) atoms. The van der Waals surface area contributed by atoms with E-state index in [0.29, 0.717) is 29.8 Å². The van der Waals surface area contributed by atoms with Crippen LogP contribution in [0.25, 0.3) is 10.9 Å². The van der Waals surface area contributed by atoms with Gasteiger partial charge in [-0.2, -0.15) is 4.31 Å². The molecule has 0 amide bonds. The molecule has 3 rings (SSSR count). The van der Waals surface area contributed by atoms with Gasteiger partial charge in [0.25, 0.3) is 0 Å². The number of nitrogens with one attached hydrogen (secondary N) is 1. The van der Waals surface area contributed by atoms with Crippen LogP contribution < -0.4 is 5.56 Å². The van der Waals surface area contributed by atoms with Crippen LogP contribution in [-0.2, 0) is 16.6 Å². The molecule has 1 N–H and O–H groups in total. The van der Waals surface area contributed by atoms with Gasteiger partial charge in [-0.1, -0.05) is 0 Å². The van der Waals surface area contributed by atoms with Crippen LogP contribution in [0.5, 0.6) is 0 Å². The van der Waals surface area contributed by atoms with E-state index in [1.807, 2.05) is 19.0 Å². The fourth-order valence-electron chi connectivity index (χ4n) is 2.61. The van der Waals surface area contributed by atoms with Crippen LogP contribution in [0.3, 0.4) is 0 Å². The number of furan rings is 1. The van der Waals surface area contributed by atoms with Gasteiger partial charge in [0.2, 0.25) is 15.6 Å². The number of sulfonamides is 1. The molecule has 0 radical (unpaired) electrons.